The van der Waals surface area contributed by atoms with E-state index in [4.69, 9.17) is 5.73 Å². The number of hydrogen-bond acceptors (Lipinski definition) is 5. The lowest BCUT2D eigenvalue weighted by atomic mass is 9.86. The van der Waals surface area contributed by atoms with E-state index in [1.165, 1.54) is 12.8 Å². The Hall–Kier alpha value is -1.69. The lowest BCUT2D eigenvalue weighted by Gasteiger charge is -2.31. The van der Waals surface area contributed by atoms with Crippen molar-refractivity contribution in [2.24, 2.45) is 23.5 Å². The van der Waals surface area contributed by atoms with Crippen LogP contribution in [0.25, 0.3) is 0 Å². The van der Waals surface area contributed by atoms with Crippen molar-refractivity contribution in [3.05, 3.63) is 18.1 Å². The number of aromatic nitrogens is 2. The van der Waals surface area contributed by atoms with Crippen LogP contribution in [0.4, 0.5) is 5.82 Å². The average Bonchev–Trinajstić information content (AvgIpc) is 3.00. The number of rotatable bonds is 3. The van der Waals surface area contributed by atoms with Gasteiger partial charge >= 0.3 is 0 Å². The van der Waals surface area contributed by atoms with Crippen LogP contribution in [0.3, 0.4) is 0 Å². The summed E-state index contributed by atoms with van der Waals surface area (Å²) >= 11 is 0. The molecule has 3 N–H and O–H groups in total. The first-order valence-electron chi connectivity index (χ1n) is 8.66. The molecular formula is C17H25N5O. The number of carbonyl (C=O) groups excluding carboxylic acids is 1. The van der Waals surface area contributed by atoms with Gasteiger partial charge in [-0.05, 0) is 57.1 Å². The number of hydrogen-bond donors (Lipinski definition) is 2. The topological polar surface area (TPSA) is 84.1 Å². The summed E-state index contributed by atoms with van der Waals surface area (Å²) in [5.41, 5.74) is 5.72. The van der Waals surface area contributed by atoms with Crippen molar-refractivity contribution in [2.45, 2.75) is 38.1 Å². The van der Waals surface area contributed by atoms with Crippen LogP contribution in [-0.2, 0) is 4.79 Å². The average molecular weight is 315 g/mol. The fraction of sp³-hybridized carbons (Fsp3) is 0.706. The van der Waals surface area contributed by atoms with Gasteiger partial charge in [0.15, 0.2) is 0 Å². The molecule has 0 radical (unpaired) electrons. The minimum absolute atomic E-state index is 0.0586. The van der Waals surface area contributed by atoms with E-state index < -0.39 is 0 Å². The molecule has 1 aliphatic carbocycles. The highest BCUT2D eigenvalue weighted by Gasteiger charge is 2.59. The Kier molecular flexibility index (Phi) is 3.52. The highest BCUT2D eigenvalue weighted by Crippen LogP contribution is 2.55. The number of carbonyl (C=O) groups is 1. The smallest absolute Gasteiger partial charge is 0.220 e. The minimum atomic E-state index is -0.124. The van der Waals surface area contributed by atoms with E-state index in [2.05, 4.69) is 20.2 Å². The summed E-state index contributed by atoms with van der Waals surface area (Å²) in [5.74, 6) is 3.17. The third-order valence-electron chi connectivity index (χ3n) is 6.00. The van der Waals surface area contributed by atoms with Crippen LogP contribution in [0, 0.1) is 24.7 Å². The fourth-order valence-electron chi connectivity index (χ4n) is 4.69. The predicted octanol–water partition coefficient (Wildman–Crippen LogP) is 0.855. The van der Waals surface area contributed by atoms with Gasteiger partial charge in [0.25, 0.3) is 0 Å². The standard InChI is InChI=1S/C17H25N5O/c1-11-19-5-3-15(21-11)22-7-4-13(10-22)14-9-17(14)8-12(16(18)23)2-6-20-17/h3,5,12-14,20H,2,4,6-10H2,1H3,(H2,18,23)/t12?,13-,14?,17?/m1/s1. The first-order chi connectivity index (χ1) is 11.1. The van der Waals surface area contributed by atoms with Crippen LogP contribution >= 0.6 is 0 Å². The van der Waals surface area contributed by atoms with Crippen molar-refractivity contribution in [1.82, 2.24) is 15.3 Å². The second-order valence-corrected chi connectivity index (χ2v) is 7.44. The molecule has 3 aliphatic rings. The van der Waals surface area contributed by atoms with Crippen molar-refractivity contribution in [3.63, 3.8) is 0 Å². The Bertz CT molecular complexity index is 621. The molecule has 4 rings (SSSR count). The van der Waals surface area contributed by atoms with Gasteiger partial charge in [-0.1, -0.05) is 0 Å². The van der Waals surface area contributed by atoms with E-state index in [1.54, 1.807) is 0 Å². The SMILES string of the molecule is Cc1nccc(N2CC[C@@H](C3CC34CC(C(N)=O)CCN4)C2)n1. The van der Waals surface area contributed by atoms with Gasteiger partial charge in [-0.15, -0.1) is 0 Å². The second-order valence-electron chi connectivity index (χ2n) is 7.44. The number of nitrogens with zero attached hydrogens (tertiary/aromatic N) is 3. The van der Waals surface area contributed by atoms with Gasteiger partial charge < -0.3 is 16.0 Å². The van der Waals surface area contributed by atoms with Gasteiger partial charge in [-0.3, -0.25) is 4.79 Å². The molecule has 4 atom stereocenters. The molecule has 1 amide bonds. The Balaban J connectivity index is 1.41. The largest absolute Gasteiger partial charge is 0.369 e. The zero-order valence-electron chi connectivity index (χ0n) is 13.7. The Morgan fingerprint density at radius 2 is 2.30 bits per heavy atom. The van der Waals surface area contributed by atoms with Crippen LogP contribution in [0.15, 0.2) is 12.3 Å². The predicted molar refractivity (Wildman–Crippen MR) is 87.8 cm³/mol. The summed E-state index contributed by atoms with van der Waals surface area (Å²) in [4.78, 5) is 22.6. The summed E-state index contributed by atoms with van der Waals surface area (Å²) in [6, 6.07) is 2.00. The Morgan fingerprint density at radius 1 is 1.43 bits per heavy atom. The maximum absolute atomic E-state index is 11.5. The lowest BCUT2D eigenvalue weighted by Crippen LogP contribution is -2.46. The summed E-state index contributed by atoms with van der Waals surface area (Å²) in [6.45, 7) is 4.98. The van der Waals surface area contributed by atoms with E-state index in [9.17, 15) is 4.79 Å². The van der Waals surface area contributed by atoms with Crippen molar-refractivity contribution in [3.8, 4) is 0 Å². The van der Waals surface area contributed by atoms with Crippen molar-refractivity contribution in [1.29, 1.82) is 0 Å². The molecule has 1 aromatic heterocycles. The van der Waals surface area contributed by atoms with Gasteiger partial charge in [0, 0.05) is 30.7 Å². The minimum Gasteiger partial charge on any atom is -0.369 e. The molecule has 124 valence electrons. The number of aryl methyl sites for hydroxylation is 1. The lowest BCUT2D eigenvalue weighted by molar-refractivity contribution is -0.123. The van der Waals surface area contributed by atoms with Crippen LogP contribution < -0.4 is 16.0 Å². The Morgan fingerprint density at radius 3 is 3.09 bits per heavy atom. The zero-order valence-corrected chi connectivity index (χ0v) is 13.7. The number of piperidine rings is 1. The summed E-state index contributed by atoms with van der Waals surface area (Å²) < 4.78 is 0. The van der Waals surface area contributed by atoms with Crippen molar-refractivity contribution in [2.75, 3.05) is 24.5 Å². The maximum Gasteiger partial charge on any atom is 0.220 e. The summed E-state index contributed by atoms with van der Waals surface area (Å²) in [5, 5.41) is 3.69. The van der Waals surface area contributed by atoms with Crippen molar-refractivity contribution >= 4 is 11.7 Å². The molecule has 3 unspecified atom stereocenters. The van der Waals surface area contributed by atoms with E-state index in [0.717, 1.165) is 44.1 Å². The number of nitrogens with one attached hydrogen (secondary N) is 1. The molecule has 0 aromatic carbocycles. The van der Waals surface area contributed by atoms with Crippen LogP contribution in [0.2, 0.25) is 0 Å². The van der Waals surface area contributed by atoms with E-state index in [1.807, 2.05) is 19.2 Å². The molecule has 3 fully saturated rings. The van der Waals surface area contributed by atoms with E-state index in [-0.39, 0.29) is 17.4 Å². The quantitative estimate of drug-likeness (QED) is 0.864. The van der Waals surface area contributed by atoms with Gasteiger partial charge in [0.2, 0.25) is 5.91 Å². The van der Waals surface area contributed by atoms with Crippen LogP contribution in [-0.4, -0.2) is 41.0 Å². The number of amides is 1. The Labute approximate surface area is 136 Å². The van der Waals surface area contributed by atoms with E-state index in [0.29, 0.717) is 11.8 Å². The normalized spacial score (nSPS) is 36.4. The molecule has 23 heavy (non-hydrogen) atoms. The highest BCUT2D eigenvalue weighted by atomic mass is 16.1. The van der Waals surface area contributed by atoms with Gasteiger partial charge in [-0.2, -0.15) is 0 Å². The summed E-state index contributed by atoms with van der Waals surface area (Å²) in [6.07, 6.45) is 6.05. The first kappa shape index (κ1) is 14.9. The molecule has 3 heterocycles. The molecule has 1 saturated carbocycles. The number of nitrogens with two attached hydrogens (primary N) is 1. The molecule has 1 spiro atoms. The van der Waals surface area contributed by atoms with Crippen molar-refractivity contribution < 1.29 is 4.79 Å². The third-order valence-corrected chi connectivity index (χ3v) is 6.00. The van der Waals surface area contributed by atoms with Gasteiger partial charge in [0.1, 0.15) is 11.6 Å². The fourth-order valence-corrected chi connectivity index (χ4v) is 4.69. The molecule has 2 saturated heterocycles. The molecule has 6 nitrogen and oxygen atoms in total. The monoisotopic (exact) mass is 315 g/mol. The first-order valence-corrected chi connectivity index (χ1v) is 8.66. The molecule has 0 bridgehead atoms. The number of primary amides is 1. The molecule has 6 heteroatoms. The number of anilines is 1. The van der Waals surface area contributed by atoms with Gasteiger partial charge in [0.05, 0.1) is 0 Å². The maximum atomic E-state index is 11.5. The van der Waals surface area contributed by atoms with Crippen LogP contribution in [0.1, 0.15) is 31.5 Å². The molecular weight excluding hydrogens is 290 g/mol. The zero-order chi connectivity index (χ0) is 16.0. The highest BCUT2D eigenvalue weighted by molar-refractivity contribution is 5.77. The molecule has 2 aliphatic heterocycles. The van der Waals surface area contributed by atoms with E-state index >= 15 is 0 Å². The third kappa shape index (κ3) is 2.69. The van der Waals surface area contributed by atoms with Crippen LogP contribution in [0.5, 0.6) is 0 Å². The molecule has 1 aromatic rings. The van der Waals surface area contributed by atoms with Gasteiger partial charge in [-0.25, -0.2) is 9.97 Å². The second kappa shape index (κ2) is 5.44. The summed E-state index contributed by atoms with van der Waals surface area (Å²) in [7, 11) is 0.